The number of fused-ring (bicyclic) bond motifs is 1. The number of hydrogen-bond donors (Lipinski definition) is 1. The molecule has 0 radical (unpaired) electrons. The number of aromatic nitrogens is 1. The molecule has 4 aromatic rings. The van der Waals surface area contributed by atoms with E-state index < -0.39 is 0 Å². The van der Waals surface area contributed by atoms with Gasteiger partial charge in [-0.25, -0.2) is 4.98 Å². The first-order chi connectivity index (χ1) is 13.6. The van der Waals surface area contributed by atoms with Crippen molar-refractivity contribution < 1.29 is 5.11 Å². The lowest BCUT2D eigenvalue weighted by molar-refractivity contribution is 0.477. The van der Waals surface area contributed by atoms with E-state index >= 15 is 0 Å². The fourth-order valence-corrected chi connectivity index (χ4v) is 4.14. The Morgan fingerprint density at radius 3 is 2.68 bits per heavy atom. The zero-order valence-corrected chi connectivity index (χ0v) is 16.8. The molecule has 138 valence electrons. The summed E-state index contributed by atoms with van der Waals surface area (Å²) in [7, 11) is 0. The minimum Gasteiger partial charge on any atom is -0.507 e. The molecule has 0 atom stereocenters. The Bertz CT molecular complexity index is 1180. The van der Waals surface area contributed by atoms with Crippen molar-refractivity contribution in [1.29, 1.82) is 0 Å². The molecule has 0 bridgehead atoms. The average molecular weight is 425 g/mol. The lowest BCUT2D eigenvalue weighted by Gasteiger charge is -2.02. The molecule has 1 aromatic heterocycles. The van der Waals surface area contributed by atoms with Gasteiger partial charge < -0.3 is 5.11 Å². The minimum atomic E-state index is 0.182. The predicted octanol–water partition coefficient (Wildman–Crippen LogP) is 7.39. The van der Waals surface area contributed by atoms with Gasteiger partial charge in [0.2, 0.25) is 0 Å². The third-order valence-corrected chi connectivity index (χ3v) is 5.68. The topological polar surface area (TPSA) is 45.5 Å². The van der Waals surface area contributed by atoms with Gasteiger partial charge in [-0.15, -0.1) is 11.3 Å². The number of aromatic hydroxyl groups is 1. The molecule has 0 aliphatic rings. The van der Waals surface area contributed by atoms with Crippen LogP contribution in [0.4, 0.5) is 5.69 Å². The van der Waals surface area contributed by atoms with Crippen LogP contribution in [0.1, 0.15) is 5.56 Å². The largest absolute Gasteiger partial charge is 0.507 e. The number of benzene rings is 3. The summed E-state index contributed by atoms with van der Waals surface area (Å²) in [6.45, 7) is 0. The Hall–Kier alpha value is -2.66. The first-order valence-corrected chi connectivity index (χ1v) is 10.0. The van der Waals surface area contributed by atoms with E-state index in [4.69, 9.17) is 23.2 Å². The Morgan fingerprint density at radius 2 is 1.86 bits per heavy atom. The number of rotatable bonds is 4. The van der Waals surface area contributed by atoms with Crippen molar-refractivity contribution in [3.8, 4) is 16.3 Å². The molecule has 0 unspecified atom stereocenters. The number of aliphatic imine (C=N–C) groups is 1. The van der Waals surface area contributed by atoms with Crippen molar-refractivity contribution in [2.45, 2.75) is 0 Å². The summed E-state index contributed by atoms with van der Waals surface area (Å²) in [5.74, 6) is 0.182. The second-order valence-electron chi connectivity index (χ2n) is 5.99. The van der Waals surface area contributed by atoms with E-state index in [9.17, 15) is 5.11 Å². The second-order valence-corrected chi connectivity index (χ2v) is 7.87. The number of phenols is 1. The number of phenolic OH excluding ortho intramolecular Hbond substituents is 1. The van der Waals surface area contributed by atoms with Gasteiger partial charge in [0.1, 0.15) is 10.8 Å². The molecule has 0 saturated carbocycles. The third-order valence-electron chi connectivity index (χ3n) is 4.05. The van der Waals surface area contributed by atoms with Crippen LogP contribution >= 0.6 is 34.5 Å². The average Bonchev–Trinajstić information content (AvgIpc) is 3.11. The Morgan fingerprint density at radius 1 is 1.00 bits per heavy atom. The van der Waals surface area contributed by atoms with E-state index in [1.165, 1.54) is 11.3 Å². The Kier molecular flexibility index (Phi) is 5.44. The minimum absolute atomic E-state index is 0.182. The van der Waals surface area contributed by atoms with Crippen molar-refractivity contribution in [1.82, 2.24) is 4.98 Å². The maximum Gasteiger partial charge on any atom is 0.128 e. The van der Waals surface area contributed by atoms with Gasteiger partial charge in [0.25, 0.3) is 0 Å². The molecule has 3 aromatic carbocycles. The standard InChI is InChI=1S/C22H14Cl2N2OS/c23-15-8-7-14(18(24)12-15)4-3-11-25-16-9-10-20(27)17(13-16)22-26-19-5-1-2-6-21(19)28-22/h1-13,27H. The summed E-state index contributed by atoms with van der Waals surface area (Å²) in [5.41, 5.74) is 3.16. The summed E-state index contributed by atoms with van der Waals surface area (Å²) < 4.78 is 1.08. The zero-order chi connectivity index (χ0) is 19.5. The van der Waals surface area contributed by atoms with Crippen molar-refractivity contribution in [3.05, 3.63) is 82.3 Å². The van der Waals surface area contributed by atoms with Gasteiger partial charge in [0.15, 0.2) is 0 Å². The van der Waals surface area contributed by atoms with Crippen LogP contribution in [0.3, 0.4) is 0 Å². The fourth-order valence-electron chi connectivity index (χ4n) is 2.68. The first kappa shape index (κ1) is 18.7. The molecule has 4 rings (SSSR count). The number of thiazole rings is 1. The van der Waals surface area contributed by atoms with Gasteiger partial charge in [-0.3, -0.25) is 4.99 Å². The van der Waals surface area contributed by atoms with E-state index in [0.717, 1.165) is 26.5 Å². The number of allylic oxidation sites excluding steroid dienone is 1. The van der Waals surface area contributed by atoms with Crippen LogP contribution in [0.2, 0.25) is 10.0 Å². The van der Waals surface area contributed by atoms with Crippen molar-refractivity contribution >= 4 is 62.7 Å². The molecule has 1 heterocycles. The number of para-hydroxylation sites is 1. The normalized spacial score (nSPS) is 11.8. The highest BCUT2D eigenvalue weighted by Gasteiger charge is 2.10. The van der Waals surface area contributed by atoms with E-state index in [0.29, 0.717) is 15.6 Å². The van der Waals surface area contributed by atoms with E-state index in [2.05, 4.69) is 9.98 Å². The van der Waals surface area contributed by atoms with Crippen LogP contribution in [-0.2, 0) is 0 Å². The maximum absolute atomic E-state index is 10.3. The van der Waals surface area contributed by atoms with Crippen molar-refractivity contribution in [3.63, 3.8) is 0 Å². The van der Waals surface area contributed by atoms with Gasteiger partial charge in [0, 0.05) is 16.3 Å². The molecule has 0 spiro atoms. The van der Waals surface area contributed by atoms with Crippen molar-refractivity contribution in [2.75, 3.05) is 0 Å². The van der Waals surface area contributed by atoms with Crippen LogP contribution in [0.25, 0.3) is 26.9 Å². The molecule has 6 heteroatoms. The highest BCUT2D eigenvalue weighted by atomic mass is 35.5. The van der Waals surface area contributed by atoms with Crippen LogP contribution in [0, 0.1) is 0 Å². The van der Waals surface area contributed by atoms with Crippen LogP contribution < -0.4 is 0 Å². The fraction of sp³-hybridized carbons (Fsp3) is 0. The number of halogens is 2. The van der Waals surface area contributed by atoms with E-state index in [1.807, 2.05) is 42.5 Å². The van der Waals surface area contributed by atoms with Gasteiger partial charge in [-0.05, 0) is 54.1 Å². The molecule has 1 N–H and O–H groups in total. The summed E-state index contributed by atoms with van der Waals surface area (Å²) in [4.78, 5) is 9.04. The Balaban J connectivity index is 1.58. The van der Waals surface area contributed by atoms with E-state index in [-0.39, 0.29) is 5.75 Å². The van der Waals surface area contributed by atoms with Gasteiger partial charge in [0.05, 0.1) is 21.5 Å². The molecule has 28 heavy (non-hydrogen) atoms. The molecular formula is C22H14Cl2N2OS. The first-order valence-electron chi connectivity index (χ1n) is 8.45. The molecule has 3 nitrogen and oxygen atoms in total. The number of hydrogen-bond acceptors (Lipinski definition) is 4. The summed E-state index contributed by atoms with van der Waals surface area (Å²) in [6, 6.07) is 18.4. The molecule has 0 saturated heterocycles. The monoisotopic (exact) mass is 424 g/mol. The van der Waals surface area contributed by atoms with Crippen molar-refractivity contribution in [2.24, 2.45) is 4.99 Å². The molecule has 0 amide bonds. The zero-order valence-electron chi connectivity index (χ0n) is 14.5. The molecule has 0 fully saturated rings. The molecule has 0 aliphatic carbocycles. The SMILES string of the molecule is Oc1ccc(N=CC=Cc2ccc(Cl)cc2Cl)cc1-c1nc2ccccc2s1. The highest BCUT2D eigenvalue weighted by Crippen LogP contribution is 2.37. The Labute approximate surface area is 176 Å². The lowest BCUT2D eigenvalue weighted by atomic mass is 10.2. The lowest BCUT2D eigenvalue weighted by Crippen LogP contribution is -1.78. The number of nitrogens with zero attached hydrogens (tertiary/aromatic N) is 2. The van der Waals surface area contributed by atoms with Crippen LogP contribution in [-0.4, -0.2) is 16.3 Å². The summed E-state index contributed by atoms with van der Waals surface area (Å²) in [5, 5.41) is 12.2. The predicted molar refractivity (Wildman–Crippen MR) is 120 cm³/mol. The molecular weight excluding hydrogens is 411 g/mol. The van der Waals surface area contributed by atoms with Gasteiger partial charge in [-0.2, -0.15) is 0 Å². The second kappa shape index (κ2) is 8.15. The van der Waals surface area contributed by atoms with E-state index in [1.54, 1.807) is 36.6 Å². The summed E-state index contributed by atoms with van der Waals surface area (Å²) >= 11 is 13.6. The maximum atomic E-state index is 10.3. The quantitative estimate of drug-likeness (QED) is 0.347. The van der Waals surface area contributed by atoms with Gasteiger partial charge in [-0.1, -0.05) is 47.5 Å². The van der Waals surface area contributed by atoms with Crippen LogP contribution in [0.15, 0.2) is 71.7 Å². The van der Waals surface area contributed by atoms with Crippen LogP contribution in [0.5, 0.6) is 5.75 Å². The smallest absolute Gasteiger partial charge is 0.128 e. The summed E-state index contributed by atoms with van der Waals surface area (Å²) in [6.07, 6.45) is 5.34. The molecule has 0 aliphatic heterocycles. The highest BCUT2D eigenvalue weighted by molar-refractivity contribution is 7.21. The third kappa shape index (κ3) is 4.09. The van der Waals surface area contributed by atoms with Gasteiger partial charge >= 0.3 is 0 Å².